The zero-order valence-electron chi connectivity index (χ0n) is 19.5. The summed E-state index contributed by atoms with van der Waals surface area (Å²) in [5.74, 6) is -3.61. The Hall–Kier alpha value is -2.43. The number of sulfonamides is 1. The molecule has 35 heavy (non-hydrogen) atoms. The number of halogens is 4. The van der Waals surface area contributed by atoms with E-state index in [2.05, 4.69) is 5.32 Å². The van der Waals surface area contributed by atoms with Crippen LogP contribution in [-0.2, 0) is 26.2 Å². The molecule has 1 atom stereocenters. The molecule has 12 heteroatoms. The Morgan fingerprint density at radius 3 is 2.34 bits per heavy atom. The number of amides is 2. The van der Waals surface area contributed by atoms with Crippen molar-refractivity contribution in [2.45, 2.75) is 39.3 Å². The van der Waals surface area contributed by atoms with Crippen LogP contribution < -0.4 is 9.62 Å². The minimum absolute atomic E-state index is 0.118. The number of nitrogens with one attached hydrogen (secondary N) is 1. The normalized spacial score (nSPS) is 12.2. The van der Waals surface area contributed by atoms with Gasteiger partial charge in [0.2, 0.25) is 21.8 Å². The van der Waals surface area contributed by atoms with Crippen LogP contribution in [0.4, 0.5) is 14.5 Å². The number of nitrogens with zero attached hydrogens (tertiary/aromatic N) is 2. The zero-order valence-corrected chi connectivity index (χ0v) is 21.9. The first-order valence-electron chi connectivity index (χ1n) is 10.8. The maximum atomic E-state index is 13.8. The van der Waals surface area contributed by atoms with Gasteiger partial charge in [0.1, 0.15) is 12.6 Å². The molecule has 0 fully saturated rings. The van der Waals surface area contributed by atoms with Gasteiger partial charge in [-0.05, 0) is 43.2 Å². The standard InChI is InChI=1S/C23H27Cl2F2N3O4S/c1-4-5-10-28-23(32)15(2)29(13-16-6-7-17(24)11-19(16)25)22(31)14-30(35(3,33)34)18-8-9-20(26)21(27)12-18/h6-9,11-12,15H,4-5,10,13-14H2,1-3H3,(H,28,32). The molecule has 7 nitrogen and oxygen atoms in total. The number of anilines is 1. The summed E-state index contributed by atoms with van der Waals surface area (Å²) in [5.41, 5.74) is 0.251. The second kappa shape index (κ2) is 12.5. The van der Waals surface area contributed by atoms with Crippen molar-refractivity contribution >= 4 is 50.7 Å². The van der Waals surface area contributed by atoms with Gasteiger partial charge in [-0.1, -0.05) is 42.6 Å². The van der Waals surface area contributed by atoms with Crippen molar-refractivity contribution in [2.75, 3.05) is 23.7 Å². The first-order valence-corrected chi connectivity index (χ1v) is 13.4. The molecule has 2 rings (SSSR count). The fraction of sp³-hybridized carbons (Fsp3) is 0.391. The van der Waals surface area contributed by atoms with Crippen LogP contribution in [0.5, 0.6) is 0 Å². The quantitative estimate of drug-likeness (QED) is 0.421. The molecule has 0 saturated heterocycles. The summed E-state index contributed by atoms with van der Waals surface area (Å²) in [6.07, 6.45) is 2.44. The predicted octanol–water partition coefficient (Wildman–Crippen LogP) is 4.37. The van der Waals surface area contributed by atoms with Gasteiger partial charge in [-0.3, -0.25) is 13.9 Å². The van der Waals surface area contributed by atoms with E-state index in [0.29, 0.717) is 27.5 Å². The van der Waals surface area contributed by atoms with Crippen molar-refractivity contribution in [3.05, 3.63) is 63.6 Å². The van der Waals surface area contributed by atoms with Gasteiger partial charge < -0.3 is 10.2 Å². The molecule has 2 amide bonds. The van der Waals surface area contributed by atoms with Crippen LogP contribution in [0.25, 0.3) is 0 Å². The summed E-state index contributed by atoms with van der Waals surface area (Å²) in [5, 5.41) is 3.38. The minimum Gasteiger partial charge on any atom is -0.354 e. The van der Waals surface area contributed by atoms with Gasteiger partial charge in [0, 0.05) is 29.2 Å². The number of carbonyl (C=O) groups is 2. The highest BCUT2D eigenvalue weighted by atomic mass is 35.5. The molecule has 0 saturated carbocycles. The Morgan fingerprint density at radius 1 is 1.09 bits per heavy atom. The van der Waals surface area contributed by atoms with Gasteiger partial charge in [-0.15, -0.1) is 0 Å². The second-order valence-corrected chi connectivity index (χ2v) is 10.7. The van der Waals surface area contributed by atoms with Crippen molar-refractivity contribution in [3.63, 3.8) is 0 Å². The van der Waals surface area contributed by atoms with Crippen molar-refractivity contribution < 1.29 is 26.8 Å². The molecule has 1 unspecified atom stereocenters. The molecule has 2 aromatic rings. The van der Waals surface area contributed by atoms with Crippen LogP contribution >= 0.6 is 23.2 Å². The molecule has 0 aliphatic carbocycles. The largest absolute Gasteiger partial charge is 0.354 e. The molecule has 2 aromatic carbocycles. The van der Waals surface area contributed by atoms with E-state index >= 15 is 0 Å². The fourth-order valence-electron chi connectivity index (χ4n) is 3.21. The Kier molecular flexibility index (Phi) is 10.3. The summed E-state index contributed by atoms with van der Waals surface area (Å²) in [7, 11) is -4.07. The summed E-state index contributed by atoms with van der Waals surface area (Å²) in [6.45, 7) is 3.01. The highest BCUT2D eigenvalue weighted by molar-refractivity contribution is 7.92. The van der Waals surface area contributed by atoms with Crippen LogP contribution in [0.3, 0.4) is 0 Å². The average molecular weight is 550 g/mol. The number of rotatable bonds is 11. The third-order valence-electron chi connectivity index (χ3n) is 5.22. The number of benzene rings is 2. The number of unbranched alkanes of at least 4 members (excludes halogenated alkanes) is 1. The maximum Gasteiger partial charge on any atom is 0.244 e. The Bertz CT molecular complexity index is 1180. The van der Waals surface area contributed by atoms with Crippen molar-refractivity contribution in [1.29, 1.82) is 0 Å². The molecule has 0 spiro atoms. The molecule has 0 aromatic heterocycles. The Morgan fingerprint density at radius 2 is 1.77 bits per heavy atom. The highest BCUT2D eigenvalue weighted by Crippen LogP contribution is 2.25. The van der Waals surface area contributed by atoms with Crippen LogP contribution in [0.1, 0.15) is 32.3 Å². The topological polar surface area (TPSA) is 86.8 Å². The Labute approximate surface area is 214 Å². The van der Waals surface area contributed by atoms with Crippen LogP contribution in [-0.4, -0.2) is 50.5 Å². The van der Waals surface area contributed by atoms with Crippen molar-refractivity contribution in [1.82, 2.24) is 10.2 Å². The van der Waals surface area contributed by atoms with Crippen LogP contribution in [0, 0.1) is 11.6 Å². The van der Waals surface area contributed by atoms with Gasteiger partial charge >= 0.3 is 0 Å². The van der Waals surface area contributed by atoms with E-state index in [1.54, 1.807) is 12.1 Å². The third-order valence-corrected chi connectivity index (χ3v) is 6.95. The first-order chi connectivity index (χ1) is 16.3. The summed E-state index contributed by atoms with van der Waals surface area (Å²) in [6, 6.07) is 6.16. The van der Waals surface area contributed by atoms with E-state index in [0.717, 1.165) is 31.2 Å². The number of hydrogen-bond donors (Lipinski definition) is 1. The van der Waals surface area contributed by atoms with Gasteiger partial charge in [0.15, 0.2) is 11.6 Å². The lowest BCUT2D eigenvalue weighted by Gasteiger charge is -2.31. The Balaban J connectivity index is 2.40. The predicted molar refractivity (Wildman–Crippen MR) is 133 cm³/mol. The smallest absolute Gasteiger partial charge is 0.244 e. The molecular weight excluding hydrogens is 523 g/mol. The lowest BCUT2D eigenvalue weighted by Crippen LogP contribution is -2.51. The van der Waals surface area contributed by atoms with E-state index in [4.69, 9.17) is 23.2 Å². The monoisotopic (exact) mass is 549 g/mol. The maximum absolute atomic E-state index is 13.8. The van der Waals surface area contributed by atoms with Crippen molar-refractivity contribution in [3.8, 4) is 0 Å². The molecule has 0 aliphatic rings. The average Bonchev–Trinajstić information content (AvgIpc) is 2.77. The van der Waals surface area contributed by atoms with Gasteiger partial charge in [-0.2, -0.15) is 0 Å². The summed E-state index contributed by atoms with van der Waals surface area (Å²) < 4.78 is 52.7. The minimum atomic E-state index is -4.07. The van der Waals surface area contributed by atoms with Crippen molar-refractivity contribution in [2.24, 2.45) is 0 Å². The fourth-order valence-corrected chi connectivity index (χ4v) is 4.52. The first kappa shape index (κ1) is 28.8. The van der Waals surface area contributed by atoms with Crippen LogP contribution in [0.2, 0.25) is 10.0 Å². The SMILES string of the molecule is CCCCNC(=O)C(C)N(Cc1ccc(Cl)cc1Cl)C(=O)CN(c1ccc(F)c(F)c1)S(C)(=O)=O. The molecule has 0 aliphatic heterocycles. The van der Waals surface area contributed by atoms with E-state index in [1.807, 2.05) is 6.92 Å². The van der Waals surface area contributed by atoms with Gasteiger partial charge in [-0.25, -0.2) is 17.2 Å². The molecular formula is C23H27Cl2F2N3O4S. The molecule has 0 heterocycles. The molecule has 1 N–H and O–H groups in total. The summed E-state index contributed by atoms with van der Waals surface area (Å²) in [4.78, 5) is 27.3. The lowest BCUT2D eigenvalue weighted by molar-refractivity contribution is -0.139. The van der Waals surface area contributed by atoms with Gasteiger partial charge in [0.25, 0.3) is 0 Å². The molecule has 192 valence electrons. The summed E-state index contributed by atoms with van der Waals surface area (Å²) >= 11 is 12.2. The zero-order chi connectivity index (χ0) is 26.3. The van der Waals surface area contributed by atoms with E-state index < -0.39 is 46.1 Å². The number of carbonyl (C=O) groups excluding carboxylic acids is 2. The second-order valence-electron chi connectivity index (χ2n) is 7.95. The highest BCUT2D eigenvalue weighted by Gasteiger charge is 2.30. The number of hydrogen-bond acceptors (Lipinski definition) is 4. The third kappa shape index (κ3) is 8.05. The van der Waals surface area contributed by atoms with Crippen LogP contribution in [0.15, 0.2) is 36.4 Å². The van der Waals surface area contributed by atoms with E-state index in [-0.39, 0.29) is 17.3 Å². The molecule has 0 bridgehead atoms. The van der Waals surface area contributed by atoms with Gasteiger partial charge in [0.05, 0.1) is 11.9 Å². The molecule has 0 radical (unpaired) electrons. The van der Waals surface area contributed by atoms with E-state index in [9.17, 15) is 26.8 Å². The lowest BCUT2D eigenvalue weighted by atomic mass is 10.1. The van der Waals surface area contributed by atoms with E-state index in [1.165, 1.54) is 17.9 Å².